The maximum Gasteiger partial charge on any atom is 0.331 e. The van der Waals surface area contributed by atoms with Crippen LogP contribution in [0.2, 0.25) is 0 Å². The Labute approximate surface area is 91.3 Å². The fraction of sp³-hybridized carbons (Fsp3) is 0.556. The zero-order chi connectivity index (χ0) is 11.6. The molecule has 7 heteroatoms. The molecule has 0 radical (unpaired) electrons. The average molecular weight is 222 g/mol. The fourth-order valence-corrected chi connectivity index (χ4v) is 1.77. The highest BCUT2D eigenvalue weighted by Crippen LogP contribution is 2.28. The van der Waals surface area contributed by atoms with E-state index in [1.54, 1.807) is 6.07 Å². The largest absolute Gasteiger partial charge is 0.479 e. The van der Waals surface area contributed by atoms with Crippen molar-refractivity contribution in [3.8, 4) is 6.07 Å². The Kier molecular flexibility index (Phi) is 2.58. The maximum atomic E-state index is 11.3. The van der Waals surface area contributed by atoms with E-state index in [4.69, 9.17) is 10.00 Å². The lowest BCUT2D eigenvalue weighted by atomic mass is 9.90. The van der Waals surface area contributed by atoms with Crippen LogP contribution in [0.1, 0.15) is 18.7 Å². The third kappa shape index (κ3) is 1.53. The van der Waals surface area contributed by atoms with Crippen LogP contribution in [0.5, 0.6) is 0 Å². The van der Waals surface area contributed by atoms with Crippen LogP contribution in [0.15, 0.2) is 6.33 Å². The smallest absolute Gasteiger partial charge is 0.331 e. The Bertz CT molecular complexity index is 442. The first kappa shape index (κ1) is 10.6. The molecule has 0 spiro atoms. The minimum Gasteiger partial charge on any atom is -0.479 e. The van der Waals surface area contributed by atoms with Gasteiger partial charge in [0, 0.05) is 26.1 Å². The summed E-state index contributed by atoms with van der Waals surface area (Å²) in [5.74, 6) is -0.989. The van der Waals surface area contributed by atoms with Crippen molar-refractivity contribution in [1.82, 2.24) is 14.8 Å². The summed E-state index contributed by atoms with van der Waals surface area (Å²) in [6, 6.07) is 1.78. The van der Waals surface area contributed by atoms with Crippen LogP contribution in [-0.2, 0) is 15.1 Å². The van der Waals surface area contributed by atoms with Crippen LogP contribution in [0.3, 0.4) is 0 Å². The number of aromatic nitrogens is 3. The summed E-state index contributed by atoms with van der Waals surface area (Å²) in [4.78, 5) is 15.1. The van der Waals surface area contributed by atoms with Crippen molar-refractivity contribution in [3.63, 3.8) is 0 Å². The van der Waals surface area contributed by atoms with Gasteiger partial charge in [-0.15, -0.1) is 5.10 Å². The topological polar surface area (TPSA) is 101 Å². The summed E-state index contributed by atoms with van der Waals surface area (Å²) >= 11 is 0. The molecule has 1 saturated heterocycles. The quantitative estimate of drug-likeness (QED) is 0.739. The molecule has 16 heavy (non-hydrogen) atoms. The Morgan fingerprint density at radius 1 is 1.62 bits per heavy atom. The lowest BCUT2D eigenvalue weighted by Gasteiger charge is -2.32. The minimum absolute atomic E-state index is 0.0212. The van der Waals surface area contributed by atoms with Crippen LogP contribution in [0, 0.1) is 11.3 Å². The van der Waals surface area contributed by atoms with E-state index in [1.807, 2.05) is 0 Å². The Morgan fingerprint density at radius 3 is 2.81 bits per heavy atom. The summed E-state index contributed by atoms with van der Waals surface area (Å²) in [6.07, 6.45) is 1.95. The lowest BCUT2D eigenvalue weighted by molar-refractivity contribution is -0.153. The average Bonchev–Trinajstić information content (AvgIpc) is 2.78. The van der Waals surface area contributed by atoms with Gasteiger partial charge in [-0.05, 0) is 0 Å². The highest BCUT2D eigenvalue weighted by Gasteiger charge is 2.43. The number of hydrogen-bond donors (Lipinski definition) is 1. The van der Waals surface area contributed by atoms with Crippen LogP contribution in [0.25, 0.3) is 0 Å². The van der Waals surface area contributed by atoms with Crippen molar-refractivity contribution < 1.29 is 14.6 Å². The fourth-order valence-electron chi connectivity index (χ4n) is 1.77. The second kappa shape index (κ2) is 3.90. The molecule has 7 nitrogen and oxygen atoms in total. The summed E-state index contributed by atoms with van der Waals surface area (Å²) in [5, 5.41) is 21.8. The third-order valence-corrected chi connectivity index (χ3v) is 2.75. The molecule has 1 aromatic rings. The van der Waals surface area contributed by atoms with E-state index in [0.29, 0.717) is 26.1 Å². The predicted octanol–water partition coefficient (Wildman–Crippen LogP) is -0.260. The summed E-state index contributed by atoms with van der Waals surface area (Å²) in [5.41, 5.74) is -1.12. The van der Waals surface area contributed by atoms with Gasteiger partial charge in [-0.1, -0.05) is 0 Å². The molecule has 1 N–H and O–H groups in total. The first-order chi connectivity index (χ1) is 7.69. The van der Waals surface area contributed by atoms with Gasteiger partial charge < -0.3 is 9.84 Å². The summed E-state index contributed by atoms with van der Waals surface area (Å²) in [6.45, 7) is 0.738. The van der Waals surface area contributed by atoms with Crippen LogP contribution in [-0.4, -0.2) is 39.1 Å². The van der Waals surface area contributed by atoms with E-state index in [-0.39, 0.29) is 5.82 Å². The first-order valence-corrected chi connectivity index (χ1v) is 4.82. The molecular weight excluding hydrogens is 212 g/mol. The standard InChI is InChI=1S/C9H10N4O3/c10-5-7-11-6-13(12-7)9(8(14)15)1-3-16-4-2-9/h6H,1-4H2,(H,14,15). The predicted molar refractivity (Wildman–Crippen MR) is 50.4 cm³/mol. The zero-order valence-corrected chi connectivity index (χ0v) is 8.46. The Balaban J connectivity index is 2.39. The van der Waals surface area contributed by atoms with E-state index in [2.05, 4.69) is 10.1 Å². The van der Waals surface area contributed by atoms with Gasteiger partial charge in [-0.2, -0.15) is 5.26 Å². The molecule has 2 heterocycles. The SMILES string of the molecule is N#Cc1ncn(C2(C(=O)O)CCOCC2)n1. The molecule has 84 valence electrons. The minimum atomic E-state index is -1.12. The number of nitriles is 1. The highest BCUT2D eigenvalue weighted by molar-refractivity contribution is 5.76. The normalized spacial score (nSPS) is 18.9. The van der Waals surface area contributed by atoms with Gasteiger partial charge in [0.05, 0.1) is 0 Å². The molecule has 2 rings (SSSR count). The van der Waals surface area contributed by atoms with Crippen molar-refractivity contribution >= 4 is 5.97 Å². The van der Waals surface area contributed by atoms with Crippen LogP contribution in [0.4, 0.5) is 0 Å². The zero-order valence-electron chi connectivity index (χ0n) is 8.46. The number of rotatable bonds is 2. The van der Waals surface area contributed by atoms with Gasteiger partial charge in [0.1, 0.15) is 12.4 Å². The maximum absolute atomic E-state index is 11.3. The molecule has 1 aliphatic heterocycles. The number of carboxylic acid groups (broad SMARTS) is 1. The van der Waals surface area contributed by atoms with Crippen LogP contribution < -0.4 is 0 Å². The van der Waals surface area contributed by atoms with Crippen molar-refractivity contribution in [2.75, 3.05) is 13.2 Å². The van der Waals surface area contributed by atoms with E-state index in [1.165, 1.54) is 11.0 Å². The van der Waals surface area contributed by atoms with Gasteiger partial charge in [0.15, 0.2) is 5.54 Å². The molecule has 0 aliphatic carbocycles. The van der Waals surface area contributed by atoms with Gasteiger partial charge in [-0.3, -0.25) is 0 Å². The van der Waals surface area contributed by atoms with E-state index >= 15 is 0 Å². The number of ether oxygens (including phenoxy) is 1. The van der Waals surface area contributed by atoms with Gasteiger partial charge in [0.2, 0.25) is 0 Å². The van der Waals surface area contributed by atoms with E-state index in [9.17, 15) is 9.90 Å². The molecule has 1 fully saturated rings. The monoisotopic (exact) mass is 222 g/mol. The third-order valence-electron chi connectivity index (χ3n) is 2.75. The number of carboxylic acids is 1. The van der Waals surface area contributed by atoms with Crippen molar-refractivity contribution in [3.05, 3.63) is 12.2 Å². The number of aliphatic carboxylic acids is 1. The summed E-state index contributed by atoms with van der Waals surface area (Å²) < 4.78 is 6.40. The van der Waals surface area contributed by atoms with Crippen LogP contribution >= 0.6 is 0 Å². The second-order valence-corrected chi connectivity index (χ2v) is 3.57. The molecule has 0 saturated carbocycles. The molecule has 0 atom stereocenters. The van der Waals surface area contributed by atoms with Crippen molar-refractivity contribution in [2.45, 2.75) is 18.4 Å². The van der Waals surface area contributed by atoms with E-state index in [0.717, 1.165) is 0 Å². The molecule has 0 bridgehead atoms. The van der Waals surface area contributed by atoms with E-state index < -0.39 is 11.5 Å². The second-order valence-electron chi connectivity index (χ2n) is 3.57. The number of hydrogen-bond acceptors (Lipinski definition) is 5. The van der Waals surface area contributed by atoms with Gasteiger partial charge in [0.25, 0.3) is 5.82 Å². The van der Waals surface area contributed by atoms with Gasteiger partial charge in [-0.25, -0.2) is 14.5 Å². The molecular formula is C9H10N4O3. The molecule has 0 aromatic carbocycles. The highest BCUT2D eigenvalue weighted by atomic mass is 16.5. The molecule has 0 unspecified atom stereocenters. The summed E-state index contributed by atoms with van der Waals surface area (Å²) in [7, 11) is 0. The number of nitrogens with zero attached hydrogens (tertiary/aromatic N) is 4. The van der Waals surface area contributed by atoms with Crippen molar-refractivity contribution in [2.24, 2.45) is 0 Å². The van der Waals surface area contributed by atoms with Gasteiger partial charge >= 0.3 is 5.97 Å². The first-order valence-electron chi connectivity index (χ1n) is 4.82. The molecule has 1 aromatic heterocycles. The molecule has 1 aliphatic rings. The Hall–Kier alpha value is -1.94. The van der Waals surface area contributed by atoms with Crippen molar-refractivity contribution in [1.29, 1.82) is 5.26 Å². The number of carbonyl (C=O) groups is 1. The Morgan fingerprint density at radius 2 is 2.31 bits per heavy atom. The lowest BCUT2D eigenvalue weighted by Crippen LogP contribution is -2.46. The molecule has 0 amide bonds.